The van der Waals surface area contributed by atoms with Gasteiger partial charge in [-0.2, -0.15) is 0 Å². The molecule has 0 bridgehead atoms. The Morgan fingerprint density at radius 3 is 2.56 bits per heavy atom. The second-order valence-electron chi connectivity index (χ2n) is 3.63. The van der Waals surface area contributed by atoms with Crippen molar-refractivity contribution in [3.63, 3.8) is 0 Å². The Morgan fingerprint density at radius 1 is 1.22 bits per heavy atom. The third kappa shape index (κ3) is 2.69. The van der Waals surface area contributed by atoms with E-state index in [0.717, 1.165) is 0 Å². The topological polar surface area (TPSA) is 39.2 Å². The standard InChI is InChI=1S/C12H8Cl3NO2/c1-18-11(17)5-7-4-9(15)12-8(14)2-6(13)3-10(12)16-7/h2-4H,5H2,1H3. The molecule has 1 heterocycles. The van der Waals surface area contributed by atoms with Gasteiger partial charge in [0.25, 0.3) is 0 Å². The number of halogens is 3. The van der Waals surface area contributed by atoms with Crippen molar-refractivity contribution >= 4 is 51.7 Å². The SMILES string of the molecule is COC(=O)Cc1cc(Cl)c2c(Cl)cc(Cl)cc2n1. The van der Waals surface area contributed by atoms with E-state index in [0.29, 0.717) is 31.7 Å². The van der Waals surface area contributed by atoms with E-state index in [-0.39, 0.29) is 12.4 Å². The number of hydrogen-bond donors (Lipinski definition) is 0. The molecular weight excluding hydrogens is 296 g/mol. The van der Waals surface area contributed by atoms with E-state index in [9.17, 15) is 4.79 Å². The molecule has 0 aliphatic rings. The maximum absolute atomic E-state index is 11.2. The minimum atomic E-state index is -0.383. The first-order valence-corrected chi connectivity index (χ1v) is 6.15. The molecule has 0 unspecified atom stereocenters. The highest BCUT2D eigenvalue weighted by atomic mass is 35.5. The van der Waals surface area contributed by atoms with Crippen molar-refractivity contribution < 1.29 is 9.53 Å². The fourth-order valence-corrected chi connectivity index (χ4v) is 2.56. The average molecular weight is 305 g/mol. The summed E-state index contributed by atoms with van der Waals surface area (Å²) in [6, 6.07) is 4.84. The molecule has 0 atom stereocenters. The Kier molecular flexibility index (Phi) is 3.95. The number of hydrogen-bond acceptors (Lipinski definition) is 3. The summed E-state index contributed by atoms with van der Waals surface area (Å²) in [5, 5.41) is 1.95. The molecular formula is C12H8Cl3NO2. The van der Waals surface area contributed by atoms with Gasteiger partial charge in [0.15, 0.2) is 0 Å². The lowest BCUT2D eigenvalue weighted by Gasteiger charge is -2.06. The van der Waals surface area contributed by atoms with Crippen LogP contribution in [0.2, 0.25) is 15.1 Å². The van der Waals surface area contributed by atoms with Crippen molar-refractivity contribution in [2.75, 3.05) is 7.11 Å². The smallest absolute Gasteiger partial charge is 0.311 e. The van der Waals surface area contributed by atoms with Crippen molar-refractivity contribution in [1.29, 1.82) is 0 Å². The van der Waals surface area contributed by atoms with Gasteiger partial charge in [0.1, 0.15) is 0 Å². The first kappa shape index (κ1) is 13.4. The summed E-state index contributed by atoms with van der Waals surface area (Å²) < 4.78 is 4.58. The molecule has 3 nitrogen and oxygen atoms in total. The maximum Gasteiger partial charge on any atom is 0.311 e. The van der Waals surface area contributed by atoms with Crippen LogP contribution in [-0.2, 0) is 16.0 Å². The van der Waals surface area contributed by atoms with Crippen LogP contribution in [-0.4, -0.2) is 18.1 Å². The fourth-order valence-electron chi connectivity index (χ4n) is 1.60. The molecule has 2 aromatic rings. The van der Waals surface area contributed by atoms with Crippen LogP contribution in [0.3, 0.4) is 0 Å². The zero-order chi connectivity index (χ0) is 13.3. The molecule has 0 spiro atoms. The predicted octanol–water partition coefficient (Wildman–Crippen LogP) is 3.91. The molecule has 0 saturated carbocycles. The van der Waals surface area contributed by atoms with Crippen molar-refractivity contribution in [2.45, 2.75) is 6.42 Å². The number of ether oxygens (including phenoxy) is 1. The van der Waals surface area contributed by atoms with Gasteiger partial charge in [0, 0.05) is 10.4 Å². The number of pyridine rings is 1. The first-order chi connectivity index (χ1) is 8.51. The molecule has 1 aromatic heterocycles. The zero-order valence-electron chi connectivity index (χ0n) is 9.34. The summed E-state index contributed by atoms with van der Waals surface area (Å²) in [6.45, 7) is 0. The molecule has 6 heteroatoms. The van der Waals surface area contributed by atoms with Crippen molar-refractivity contribution in [2.24, 2.45) is 0 Å². The Bertz CT molecular complexity index is 628. The number of methoxy groups -OCH3 is 1. The molecule has 0 amide bonds. The first-order valence-electron chi connectivity index (χ1n) is 5.02. The fraction of sp³-hybridized carbons (Fsp3) is 0.167. The Morgan fingerprint density at radius 2 is 1.89 bits per heavy atom. The van der Waals surface area contributed by atoms with Gasteiger partial charge in [-0.25, -0.2) is 0 Å². The van der Waals surface area contributed by atoms with Crippen LogP contribution in [0.15, 0.2) is 18.2 Å². The summed E-state index contributed by atoms with van der Waals surface area (Å²) >= 11 is 18.1. The number of rotatable bonds is 2. The quantitative estimate of drug-likeness (QED) is 0.790. The van der Waals surface area contributed by atoms with E-state index in [4.69, 9.17) is 34.8 Å². The lowest BCUT2D eigenvalue weighted by Crippen LogP contribution is -2.06. The third-order valence-corrected chi connectivity index (χ3v) is 3.20. The highest BCUT2D eigenvalue weighted by molar-refractivity contribution is 6.43. The van der Waals surface area contributed by atoms with E-state index >= 15 is 0 Å². The lowest BCUT2D eigenvalue weighted by atomic mass is 10.1. The second kappa shape index (κ2) is 5.31. The molecule has 0 saturated heterocycles. The molecule has 2 rings (SSSR count). The molecule has 0 radical (unpaired) electrons. The van der Waals surface area contributed by atoms with Gasteiger partial charge in [0.2, 0.25) is 0 Å². The van der Waals surface area contributed by atoms with Gasteiger partial charge in [-0.1, -0.05) is 34.8 Å². The summed E-state index contributed by atoms with van der Waals surface area (Å²) in [5.41, 5.74) is 1.07. The van der Waals surface area contributed by atoms with Gasteiger partial charge in [-0.05, 0) is 18.2 Å². The Balaban J connectivity index is 2.58. The molecule has 0 aliphatic carbocycles. The summed E-state index contributed by atoms with van der Waals surface area (Å²) in [4.78, 5) is 15.5. The lowest BCUT2D eigenvalue weighted by molar-refractivity contribution is -0.139. The van der Waals surface area contributed by atoms with Crippen LogP contribution < -0.4 is 0 Å². The molecule has 18 heavy (non-hydrogen) atoms. The zero-order valence-corrected chi connectivity index (χ0v) is 11.6. The normalized spacial score (nSPS) is 10.7. The van der Waals surface area contributed by atoms with Gasteiger partial charge < -0.3 is 4.74 Å². The number of carbonyl (C=O) groups excluding carboxylic acids is 1. The largest absolute Gasteiger partial charge is 0.469 e. The van der Waals surface area contributed by atoms with Crippen LogP contribution in [0.1, 0.15) is 5.69 Å². The van der Waals surface area contributed by atoms with Gasteiger partial charge in [0.05, 0.1) is 34.8 Å². The van der Waals surface area contributed by atoms with Crippen molar-refractivity contribution in [3.8, 4) is 0 Å². The number of esters is 1. The van der Waals surface area contributed by atoms with Crippen LogP contribution in [0.5, 0.6) is 0 Å². The van der Waals surface area contributed by atoms with Crippen molar-refractivity contribution in [3.05, 3.63) is 39.0 Å². The second-order valence-corrected chi connectivity index (χ2v) is 4.88. The number of benzene rings is 1. The minimum Gasteiger partial charge on any atom is -0.469 e. The van der Waals surface area contributed by atoms with E-state index in [1.165, 1.54) is 7.11 Å². The molecule has 1 aromatic carbocycles. The number of carbonyl (C=O) groups is 1. The van der Waals surface area contributed by atoms with Gasteiger partial charge in [-0.15, -0.1) is 0 Å². The number of nitrogens with zero attached hydrogens (tertiary/aromatic N) is 1. The van der Waals surface area contributed by atoms with Gasteiger partial charge >= 0.3 is 5.97 Å². The van der Waals surface area contributed by atoms with Crippen LogP contribution in [0.4, 0.5) is 0 Å². The van der Waals surface area contributed by atoms with Crippen LogP contribution in [0, 0.1) is 0 Å². The van der Waals surface area contributed by atoms with E-state index in [1.807, 2.05) is 0 Å². The average Bonchev–Trinajstić information content (AvgIpc) is 2.26. The molecule has 0 aliphatic heterocycles. The summed E-state index contributed by atoms with van der Waals surface area (Å²) in [7, 11) is 1.32. The summed E-state index contributed by atoms with van der Waals surface area (Å²) in [6.07, 6.45) is 0.0519. The minimum absolute atomic E-state index is 0.0519. The maximum atomic E-state index is 11.2. The van der Waals surface area contributed by atoms with Gasteiger partial charge in [-0.3, -0.25) is 9.78 Å². The molecule has 94 valence electrons. The molecule has 0 fully saturated rings. The Labute approximate surface area is 119 Å². The highest BCUT2D eigenvalue weighted by Gasteiger charge is 2.11. The van der Waals surface area contributed by atoms with Crippen LogP contribution >= 0.6 is 34.8 Å². The van der Waals surface area contributed by atoms with Crippen molar-refractivity contribution in [1.82, 2.24) is 4.98 Å². The number of fused-ring (bicyclic) bond motifs is 1. The predicted molar refractivity (Wildman–Crippen MR) is 72.5 cm³/mol. The third-order valence-electron chi connectivity index (χ3n) is 2.38. The summed E-state index contributed by atoms with van der Waals surface area (Å²) in [5.74, 6) is -0.383. The monoisotopic (exact) mass is 303 g/mol. The molecule has 0 N–H and O–H groups in total. The Hall–Kier alpha value is -1.03. The van der Waals surface area contributed by atoms with E-state index < -0.39 is 0 Å². The van der Waals surface area contributed by atoms with E-state index in [2.05, 4.69) is 9.72 Å². The van der Waals surface area contributed by atoms with Crippen LogP contribution in [0.25, 0.3) is 10.9 Å². The highest BCUT2D eigenvalue weighted by Crippen LogP contribution is 2.32. The number of aromatic nitrogens is 1. The van der Waals surface area contributed by atoms with E-state index in [1.54, 1.807) is 18.2 Å².